The van der Waals surface area contributed by atoms with Crippen molar-refractivity contribution in [2.24, 2.45) is 5.92 Å². The summed E-state index contributed by atoms with van der Waals surface area (Å²) in [5, 5.41) is 3.58. The number of carbonyl (C=O) groups is 1. The molecule has 0 radical (unpaired) electrons. The van der Waals surface area contributed by atoms with E-state index in [-0.39, 0.29) is 11.8 Å². The van der Waals surface area contributed by atoms with E-state index in [1.165, 1.54) is 11.3 Å². The van der Waals surface area contributed by atoms with Crippen LogP contribution in [-0.4, -0.2) is 27.2 Å². The molecule has 0 aliphatic heterocycles. The number of nitrogens with zero attached hydrogens (tertiary/aromatic N) is 2. The van der Waals surface area contributed by atoms with E-state index in [1.807, 2.05) is 39.0 Å². The third kappa shape index (κ3) is 5.25. The van der Waals surface area contributed by atoms with Crippen molar-refractivity contribution in [3.8, 4) is 16.2 Å². The molecule has 1 aliphatic carbocycles. The van der Waals surface area contributed by atoms with Gasteiger partial charge in [0.2, 0.25) is 5.91 Å². The molecule has 174 valence electrons. The van der Waals surface area contributed by atoms with Gasteiger partial charge in [0.1, 0.15) is 10.6 Å². The summed E-state index contributed by atoms with van der Waals surface area (Å²) in [6, 6.07) is 7.51. The first-order valence-electron chi connectivity index (χ1n) is 10.9. The van der Waals surface area contributed by atoms with Crippen molar-refractivity contribution in [2.75, 3.05) is 17.1 Å². The number of aryl methyl sites for hydroxylation is 3. The maximum atomic E-state index is 13.2. The van der Waals surface area contributed by atoms with Gasteiger partial charge in [-0.25, -0.2) is 9.19 Å². The Bertz CT molecular complexity index is 1200. The van der Waals surface area contributed by atoms with Crippen LogP contribution in [0.2, 0.25) is 0 Å². The number of thiazole rings is 1. The van der Waals surface area contributed by atoms with E-state index < -0.39 is 11.0 Å². The number of nitrogens with one attached hydrogen (secondary N) is 2. The van der Waals surface area contributed by atoms with E-state index >= 15 is 0 Å². The lowest BCUT2D eigenvalue weighted by atomic mass is 10.1. The molecule has 0 bridgehead atoms. The van der Waals surface area contributed by atoms with Crippen LogP contribution in [0.3, 0.4) is 0 Å². The van der Waals surface area contributed by atoms with Gasteiger partial charge < -0.3 is 10.1 Å². The molecule has 4 rings (SSSR count). The Morgan fingerprint density at radius 1 is 1.18 bits per heavy atom. The zero-order valence-electron chi connectivity index (χ0n) is 19.2. The first-order chi connectivity index (χ1) is 15.9. The quantitative estimate of drug-likeness (QED) is 0.468. The van der Waals surface area contributed by atoms with Gasteiger partial charge in [-0.15, -0.1) is 0 Å². The zero-order chi connectivity index (χ0) is 23.5. The van der Waals surface area contributed by atoms with E-state index in [2.05, 4.69) is 20.0 Å². The molecule has 1 saturated carbocycles. The van der Waals surface area contributed by atoms with Crippen LogP contribution in [0.25, 0.3) is 10.4 Å². The summed E-state index contributed by atoms with van der Waals surface area (Å²) in [5.74, 6) is 0.660. The van der Waals surface area contributed by atoms with E-state index in [0.29, 0.717) is 21.5 Å². The summed E-state index contributed by atoms with van der Waals surface area (Å²) in [6.45, 7) is 5.78. The van der Waals surface area contributed by atoms with Crippen molar-refractivity contribution in [1.82, 2.24) is 9.97 Å². The summed E-state index contributed by atoms with van der Waals surface area (Å²) in [4.78, 5) is 22.8. The van der Waals surface area contributed by atoms with Crippen LogP contribution in [0, 0.1) is 26.7 Å². The van der Waals surface area contributed by atoms with Crippen LogP contribution in [0.15, 0.2) is 35.4 Å². The topological polar surface area (TPSA) is 93.2 Å². The predicted molar refractivity (Wildman–Crippen MR) is 133 cm³/mol. The number of rotatable bonds is 7. The maximum Gasteiger partial charge on any atom is 0.229 e. The predicted octanol–water partition coefficient (Wildman–Crippen LogP) is 5.40. The fraction of sp³-hybridized carbons (Fsp3) is 0.375. The Balaban J connectivity index is 1.59. The molecule has 1 aromatic carbocycles. The SMILES string of the molecule is COc1ccc(-c2sc(NC(=O)C3CCCC3)nc2C)cc1S(=O)Nc1cnc(C)cc1C. The van der Waals surface area contributed by atoms with Crippen LogP contribution in [0.4, 0.5) is 10.8 Å². The molecule has 0 saturated heterocycles. The minimum atomic E-state index is -1.56. The Hall–Kier alpha value is -2.78. The number of methoxy groups -OCH3 is 1. The summed E-state index contributed by atoms with van der Waals surface area (Å²) in [7, 11) is 0.000538. The van der Waals surface area contributed by atoms with Crippen molar-refractivity contribution in [3.05, 3.63) is 47.4 Å². The smallest absolute Gasteiger partial charge is 0.229 e. The second-order valence-corrected chi connectivity index (χ2v) is 10.5. The Morgan fingerprint density at radius 3 is 2.64 bits per heavy atom. The summed E-state index contributed by atoms with van der Waals surface area (Å²) in [6.07, 6.45) is 5.79. The van der Waals surface area contributed by atoms with Gasteiger partial charge in [0.15, 0.2) is 16.1 Å². The summed E-state index contributed by atoms with van der Waals surface area (Å²) < 4.78 is 21.7. The van der Waals surface area contributed by atoms with Crippen molar-refractivity contribution in [1.29, 1.82) is 0 Å². The van der Waals surface area contributed by atoms with Crippen molar-refractivity contribution in [3.63, 3.8) is 0 Å². The molecule has 2 aromatic heterocycles. The molecular formula is C24H28N4O3S2. The normalized spacial score (nSPS) is 14.8. The molecule has 33 heavy (non-hydrogen) atoms. The van der Waals surface area contributed by atoms with Crippen molar-refractivity contribution >= 4 is 39.0 Å². The maximum absolute atomic E-state index is 13.2. The largest absolute Gasteiger partial charge is 0.495 e. The lowest BCUT2D eigenvalue weighted by Gasteiger charge is -2.13. The number of amides is 1. The van der Waals surface area contributed by atoms with Gasteiger partial charge in [0.05, 0.1) is 29.6 Å². The molecule has 1 unspecified atom stereocenters. The second-order valence-electron chi connectivity index (χ2n) is 8.28. The number of hydrogen-bond acceptors (Lipinski definition) is 6. The van der Waals surface area contributed by atoms with E-state index in [1.54, 1.807) is 19.4 Å². The van der Waals surface area contributed by atoms with Crippen LogP contribution in [-0.2, 0) is 15.8 Å². The molecule has 0 spiro atoms. The fourth-order valence-electron chi connectivity index (χ4n) is 4.03. The number of aromatic nitrogens is 2. The average Bonchev–Trinajstić information content (AvgIpc) is 3.45. The van der Waals surface area contributed by atoms with Crippen molar-refractivity contribution in [2.45, 2.75) is 51.3 Å². The third-order valence-electron chi connectivity index (χ3n) is 5.83. The molecular weight excluding hydrogens is 456 g/mol. The molecule has 2 heterocycles. The van der Waals surface area contributed by atoms with E-state index in [9.17, 15) is 9.00 Å². The van der Waals surface area contributed by atoms with Gasteiger partial charge in [-0.05, 0) is 69.0 Å². The Labute approximate surface area is 200 Å². The highest BCUT2D eigenvalue weighted by Crippen LogP contribution is 2.37. The molecule has 1 amide bonds. The summed E-state index contributed by atoms with van der Waals surface area (Å²) >= 11 is 1.43. The molecule has 1 aliphatic rings. The lowest BCUT2D eigenvalue weighted by molar-refractivity contribution is -0.119. The van der Waals surface area contributed by atoms with Crippen LogP contribution >= 0.6 is 11.3 Å². The monoisotopic (exact) mass is 484 g/mol. The fourth-order valence-corrected chi connectivity index (χ4v) is 6.09. The standard InChI is InChI=1S/C24H28N4O3S2/c1-14-11-15(2)25-13-19(14)28-33(30)21-12-18(9-10-20(21)31-4)22-16(3)26-24(32-22)27-23(29)17-7-5-6-8-17/h9-13,17,28H,5-8H2,1-4H3,(H,26,27,29). The van der Waals surface area contributed by atoms with Crippen LogP contribution in [0.1, 0.15) is 42.6 Å². The molecule has 1 fully saturated rings. The molecule has 9 heteroatoms. The van der Waals surface area contributed by atoms with Gasteiger partial charge >= 0.3 is 0 Å². The molecule has 3 aromatic rings. The van der Waals surface area contributed by atoms with Crippen LogP contribution in [0.5, 0.6) is 5.75 Å². The number of pyridine rings is 1. The molecule has 1 atom stereocenters. The van der Waals surface area contributed by atoms with Crippen molar-refractivity contribution < 1.29 is 13.7 Å². The van der Waals surface area contributed by atoms with Gasteiger partial charge in [0, 0.05) is 11.6 Å². The Morgan fingerprint density at radius 2 is 1.94 bits per heavy atom. The van der Waals surface area contributed by atoms with Gasteiger partial charge in [-0.3, -0.25) is 14.5 Å². The zero-order valence-corrected chi connectivity index (χ0v) is 20.9. The minimum Gasteiger partial charge on any atom is -0.495 e. The van der Waals surface area contributed by atoms with E-state index in [0.717, 1.165) is 53.1 Å². The summed E-state index contributed by atoms with van der Waals surface area (Å²) in [5.41, 5.74) is 4.26. The highest BCUT2D eigenvalue weighted by atomic mass is 32.2. The highest BCUT2D eigenvalue weighted by molar-refractivity contribution is 7.86. The average molecular weight is 485 g/mol. The Kier molecular flexibility index (Phi) is 7.09. The highest BCUT2D eigenvalue weighted by Gasteiger charge is 2.24. The van der Waals surface area contributed by atoms with Gasteiger partial charge in [0.25, 0.3) is 0 Å². The first kappa shape index (κ1) is 23.4. The van der Waals surface area contributed by atoms with Gasteiger partial charge in [-0.2, -0.15) is 0 Å². The molecule has 2 N–H and O–H groups in total. The van der Waals surface area contributed by atoms with E-state index in [4.69, 9.17) is 4.74 Å². The number of hydrogen-bond donors (Lipinski definition) is 2. The van der Waals surface area contributed by atoms with Gasteiger partial charge in [-0.1, -0.05) is 24.2 Å². The van der Waals surface area contributed by atoms with Crippen LogP contribution < -0.4 is 14.8 Å². The minimum absolute atomic E-state index is 0.0515. The molecule has 7 nitrogen and oxygen atoms in total. The number of ether oxygens (including phenoxy) is 1. The second kappa shape index (κ2) is 10.0. The number of anilines is 2. The number of carbonyl (C=O) groups excluding carboxylic acids is 1. The third-order valence-corrected chi connectivity index (χ3v) is 8.07. The lowest BCUT2D eigenvalue weighted by Crippen LogP contribution is -2.20. The number of benzene rings is 1. The first-order valence-corrected chi connectivity index (χ1v) is 12.9.